The van der Waals surface area contributed by atoms with E-state index in [1.807, 2.05) is 6.07 Å². The zero-order valence-corrected chi connectivity index (χ0v) is 13.6. The van der Waals surface area contributed by atoms with Crippen molar-refractivity contribution in [2.75, 3.05) is 14.2 Å². The Morgan fingerprint density at radius 1 is 1.00 bits per heavy atom. The van der Waals surface area contributed by atoms with E-state index in [2.05, 4.69) is 6.07 Å². The molecule has 0 bridgehead atoms. The van der Waals surface area contributed by atoms with Gasteiger partial charge in [-0.15, -0.1) is 0 Å². The number of nitrogens with zero attached hydrogens (tertiary/aromatic N) is 1. The van der Waals surface area contributed by atoms with Crippen LogP contribution in [-0.4, -0.2) is 20.5 Å². The molecule has 0 aliphatic heterocycles. The molecule has 0 aromatic heterocycles. The lowest BCUT2D eigenvalue weighted by atomic mass is 10.0. The Bertz CT molecular complexity index is 506. The van der Waals surface area contributed by atoms with Crippen molar-refractivity contribution in [3.8, 4) is 17.6 Å². The lowest BCUT2D eigenvalue weighted by molar-refractivity contribution is 0.112. The molecule has 4 nitrogen and oxygen atoms in total. The maximum atomic E-state index is 11.0. The highest BCUT2D eigenvalue weighted by Gasteiger charge is 2.10. The molecule has 22 heavy (non-hydrogen) atoms. The van der Waals surface area contributed by atoms with Gasteiger partial charge in [-0.1, -0.05) is 25.7 Å². The van der Waals surface area contributed by atoms with Crippen LogP contribution in [0, 0.1) is 11.3 Å². The van der Waals surface area contributed by atoms with Crippen molar-refractivity contribution in [1.82, 2.24) is 0 Å². The third-order valence-electron chi connectivity index (χ3n) is 3.74. The van der Waals surface area contributed by atoms with E-state index in [0.29, 0.717) is 17.7 Å². The summed E-state index contributed by atoms with van der Waals surface area (Å²) >= 11 is 0. The molecule has 1 aromatic rings. The van der Waals surface area contributed by atoms with Crippen LogP contribution in [0.4, 0.5) is 0 Å². The van der Waals surface area contributed by atoms with Crippen molar-refractivity contribution in [1.29, 1.82) is 5.26 Å². The first-order valence-corrected chi connectivity index (χ1v) is 7.83. The minimum absolute atomic E-state index is 0.514. The molecule has 0 heterocycles. The van der Waals surface area contributed by atoms with E-state index >= 15 is 0 Å². The summed E-state index contributed by atoms with van der Waals surface area (Å²) in [7, 11) is 3.19. The molecule has 0 aliphatic rings. The van der Waals surface area contributed by atoms with Crippen LogP contribution in [0.1, 0.15) is 60.9 Å². The largest absolute Gasteiger partial charge is 0.496 e. The van der Waals surface area contributed by atoms with Crippen LogP contribution in [0.3, 0.4) is 0 Å². The zero-order chi connectivity index (χ0) is 16.2. The summed E-state index contributed by atoms with van der Waals surface area (Å²) in [6.07, 6.45) is 9.13. The maximum absolute atomic E-state index is 11.0. The van der Waals surface area contributed by atoms with Crippen molar-refractivity contribution >= 4 is 6.29 Å². The third kappa shape index (κ3) is 5.77. The molecule has 0 amide bonds. The molecule has 0 saturated heterocycles. The SMILES string of the molecule is COc1cc(CCCCCCCCC#N)c(OC)cc1C=O. The second-order valence-electron chi connectivity index (χ2n) is 5.30. The van der Waals surface area contributed by atoms with E-state index in [1.165, 1.54) is 12.8 Å². The molecule has 0 saturated carbocycles. The highest BCUT2D eigenvalue weighted by molar-refractivity contribution is 5.80. The van der Waals surface area contributed by atoms with Crippen LogP contribution in [0.5, 0.6) is 11.5 Å². The molecule has 0 spiro atoms. The minimum atomic E-state index is 0.514. The van der Waals surface area contributed by atoms with Gasteiger partial charge in [0.05, 0.1) is 25.9 Å². The summed E-state index contributed by atoms with van der Waals surface area (Å²) in [5.41, 5.74) is 1.59. The Morgan fingerprint density at radius 3 is 2.23 bits per heavy atom. The summed E-state index contributed by atoms with van der Waals surface area (Å²) in [5.74, 6) is 1.35. The van der Waals surface area contributed by atoms with Gasteiger partial charge in [-0.05, 0) is 37.0 Å². The first-order valence-electron chi connectivity index (χ1n) is 7.83. The van der Waals surface area contributed by atoms with Gasteiger partial charge in [0.25, 0.3) is 0 Å². The number of hydrogen-bond donors (Lipinski definition) is 0. The molecule has 0 aliphatic carbocycles. The number of carbonyl (C=O) groups excluding carboxylic acids is 1. The fraction of sp³-hybridized carbons (Fsp3) is 0.556. The van der Waals surface area contributed by atoms with Crippen LogP contribution in [-0.2, 0) is 6.42 Å². The second kappa shape index (κ2) is 10.7. The van der Waals surface area contributed by atoms with Gasteiger partial charge in [-0.2, -0.15) is 5.26 Å². The van der Waals surface area contributed by atoms with Crippen LogP contribution in [0.25, 0.3) is 0 Å². The summed E-state index contributed by atoms with van der Waals surface area (Å²) in [4.78, 5) is 11.0. The molecular weight excluding hydrogens is 278 g/mol. The molecule has 0 fully saturated rings. The van der Waals surface area contributed by atoms with E-state index in [4.69, 9.17) is 14.7 Å². The molecule has 120 valence electrons. The maximum Gasteiger partial charge on any atom is 0.153 e. The topological polar surface area (TPSA) is 59.3 Å². The number of nitriles is 1. The van der Waals surface area contributed by atoms with Crippen molar-refractivity contribution < 1.29 is 14.3 Å². The average Bonchev–Trinajstić information content (AvgIpc) is 2.56. The highest BCUT2D eigenvalue weighted by Crippen LogP contribution is 2.29. The van der Waals surface area contributed by atoms with Crippen molar-refractivity contribution in [2.24, 2.45) is 0 Å². The highest BCUT2D eigenvalue weighted by atomic mass is 16.5. The van der Waals surface area contributed by atoms with E-state index in [0.717, 1.165) is 49.7 Å². The van der Waals surface area contributed by atoms with Crippen LogP contribution < -0.4 is 9.47 Å². The van der Waals surface area contributed by atoms with Crippen LogP contribution in [0.2, 0.25) is 0 Å². The van der Waals surface area contributed by atoms with Crippen molar-refractivity contribution in [3.63, 3.8) is 0 Å². The minimum Gasteiger partial charge on any atom is -0.496 e. The molecule has 0 radical (unpaired) electrons. The molecule has 0 unspecified atom stereocenters. The Labute approximate surface area is 133 Å². The van der Waals surface area contributed by atoms with Gasteiger partial charge in [0.15, 0.2) is 6.29 Å². The van der Waals surface area contributed by atoms with E-state index in [-0.39, 0.29) is 0 Å². The molecule has 1 rings (SSSR count). The Kier molecular flexibility index (Phi) is 8.74. The molecular formula is C18H25NO3. The fourth-order valence-electron chi connectivity index (χ4n) is 2.50. The number of hydrogen-bond acceptors (Lipinski definition) is 4. The van der Waals surface area contributed by atoms with Crippen LogP contribution in [0.15, 0.2) is 12.1 Å². The van der Waals surface area contributed by atoms with Gasteiger partial charge in [-0.3, -0.25) is 4.79 Å². The number of methoxy groups -OCH3 is 2. The average molecular weight is 303 g/mol. The van der Waals surface area contributed by atoms with Gasteiger partial charge >= 0.3 is 0 Å². The number of aldehydes is 1. The summed E-state index contributed by atoms with van der Waals surface area (Å²) in [6, 6.07) is 5.81. The van der Waals surface area contributed by atoms with Gasteiger partial charge < -0.3 is 9.47 Å². The summed E-state index contributed by atoms with van der Waals surface area (Å²) in [5, 5.41) is 8.47. The predicted molar refractivity (Wildman–Crippen MR) is 86.6 cm³/mol. The Morgan fingerprint density at radius 2 is 1.64 bits per heavy atom. The first-order chi connectivity index (χ1) is 10.8. The lowest BCUT2D eigenvalue weighted by Gasteiger charge is -2.12. The second-order valence-corrected chi connectivity index (χ2v) is 5.30. The first kappa shape index (κ1) is 18.0. The number of benzene rings is 1. The van der Waals surface area contributed by atoms with Gasteiger partial charge in [0, 0.05) is 6.42 Å². The normalized spacial score (nSPS) is 10.0. The van der Waals surface area contributed by atoms with E-state index in [9.17, 15) is 4.79 Å². The number of unbranched alkanes of at least 4 members (excludes halogenated alkanes) is 6. The van der Waals surface area contributed by atoms with Gasteiger partial charge in [0.2, 0.25) is 0 Å². The summed E-state index contributed by atoms with van der Waals surface area (Å²) < 4.78 is 10.6. The standard InChI is InChI=1S/C18H25NO3/c1-21-17-13-16(14-20)18(22-2)12-15(17)10-8-6-4-3-5-7-9-11-19/h12-14H,3-10H2,1-2H3. The predicted octanol–water partition coefficient (Wildman–Crippen LogP) is 4.31. The zero-order valence-electron chi connectivity index (χ0n) is 13.6. The number of carbonyl (C=O) groups is 1. The van der Waals surface area contributed by atoms with Crippen molar-refractivity contribution in [3.05, 3.63) is 23.3 Å². The Balaban J connectivity index is 2.45. The number of aryl methyl sites for hydroxylation is 1. The number of ether oxygens (including phenoxy) is 2. The molecule has 4 heteroatoms. The van der Waals surface area contributed by atoms with Crippen LogP contribution >= 0.6 is 0 Å². The monoisotopic (exact) mass is 303 g/mol. The molecule has 1 aromatic carbocycles. The molecule has 0 atom stereocenters. The van der Waals surface area contributed by atoms with E-state index in [1.54, 1.807) is 20.3 Å². The molecule has 0 N–H and O–H groups in total. The smallest absolute Gasteiger partial charge is 0.153 e. The fourth-order valence-corrected chi connectivity index (χ4v) is 2.50. The third-order valence-corrected chi connectivity index (χ3v) is 3.74. The van der Waals surface area contributed by atoms with Gasteiger partial charge in [0.1, 0.15) is 11.5 Å². The Hall–Kier alpha value is -2.02. The van der Waals surface area contributed by atoms with E-state index < -0.39 is 0 Å². The number of rotatable bonds is 11. The van der Waals surface area contributed by atoms with Crippen molar-refractivity contribution in [2.45, 2.75) is 51.4 Å². The lowest BCUT2D eigenvalue weighted by Crippen LogP contribution is -1.98. The summed E-state index contributed by atoms with van der Waals surface area (Å²) in [6.45, 7) is 0. The van der Waals surface area contributed by atoms with Gasteiger partial charge in [-0.25, -0.2) is 0 Å². The quantitative estimate of drug-likeness (QED) is 0.451.